The molecule has 2 rings (SSSR count). The summed E-state index contributed by atoms with van der Waals surface area (Å²) in [6, 6.07) is 0. The van der Waals surface area contributed by atoms with Crippen LogP contribution in [0.3, 0.4) is 0 Å². The fourth-order valence-corrected chi connectivity index (χ4v) is 3.26. The molecule has 0 bridgehead atoms. The van der Waals surface area contributed by atoms with Crippen LogP contribution >= 0.6 is 15.9 Å². The third-order valence-electron chi connectivity index (χ3n) is 4.22. The number of piperazine rings is 1. The fraction of sp³-hybridized carbons (Fsp3) is 0.643. The van der Waals surface area contributed by atoms with E-state index in [1.54, 1.807) is 9.58 Å². The van der Waals surface area contributed by atoms with Gasteiger partial charge >= 0.3 is 0 Å². The highest BCUT2D eigenvalue weighted by atomic mass is 79.9. The lowest BCUT2D eigenvalue weighted by Gasteiger charge is -2.41. The number of rotatable bonds is 4. The molecule has 1 aliphatic rings. The molecule has 0 spiro atoms. The Hall–Kier alpha value is -1.37. The van der Waals surface area contributed by atoms with Gasteiger partial charge in [-0.3, -0.25) is 14.3 Å². The number of carbonyl (C=O) groups is 2. The standard InChI is InChI=1S/C14H21BrN4O2/c1-5-14(6-2)13(21)19(8-11(20)16-14)7-10-12(15)9(3)17-18(10)4/h5-8H2,1-4H3,(H,16,20). The van der Waals surface area contributed by atoms with Gasteiger partial charge in [-0.25, -0.2) is 0 Å². The van der Waals surface area contributed by atoms with Crippen molar-refractivity contribution in [1.82, 2.24) is 20.0 Å². The molecule has 0 aromatic carbocycles. The molecule has 2 amide bonds. The second-order valence-corrected chi connectivity index (χ2v) is 6.26. The Morgan fingerprint density at radius 2 is 1.95 bits per heavy atom. The first kappa shape index (κ1) is 16.0. The van der Waals surface area contributed by atoms with Crippen LogP contribution in [0.4, 0.5) is 0 Å². The zero-order valence-corrected chi connectivity index (χ0v) is 14.5. The Balaban J connectivity index is 2.30. The highest BCUT2D eigenvalue weighted by molar-refractivity contribution is 9.10. The number of aromatic nitrogens is 2. The molecule has 0 radical (unpaired) electrons. The van der Waals surface area contributed by atoms with Crippen LogP contribution in [0.2, 0.25) is 0 Å². The SMILES string of the molecule is CCC1(CC)NC(=O)CN(Cc2c(Br)c(C)nn2C)C1=O. The van der Waals surface area contributed by atoms with Crippen molar-refractivity contribution >= 4 is 27.7 Å². The number of carbonyl (C=O) groups excluding carboxylic acids is 2. The van der Waals surface area contributed by atoms with Crippen LogP contribution in [0.1, 0.15) is 38.1 Å². The minimum atomic E-state index is -0.768. The maximum absolute atomic E-state index is 12.8. The third kappa shape index (κ3) is 2.71. The van der Waals surface area contributed by atoms with Crippen molar-refractivity contribution in [3.63, 3.8) is 0 Å². The highest BCUT2D eigenvalue weighted by Gasteiger charge is 2.44. The molecule has 0 atom stereocenters. The minimum absolute atomic E-state index is 0.0159. The summed E-state index contributed by atoms with van der Waals surface area (Å²) in [6.07, 6.45) is 1.19. The van der Waals surface area contributed by atoms with Gasteiger partial charge in [0.05, 0.1) is 22.4 Å². The van der Waals surface area contributed by atoms with Gasteiger partial charge in [-0.15, -0.1) is 0 Å². The van der Waals surface area contributed by atoms with Gasteiger partial charge in [-0.05, 0) is 35.7 Å². The molecule has 1 N–H and O–H groups in total. The van der Waals surface area contributed by atoms with E-state index in [4.69, 9.17) is 0 Å². The Morgan fingerprint density at radius 1 is 1.33 bits per heavy atom. The largest absolute Gasteiger partial charge is 0.340 e. The average Bonchev–Trinajstić information content (AvgIpc) is 2.69. The molecular weight excluding hydrogens is 336 g/mol. The van der Waals surface area contributed by atoms with Crippen LogP contribution in [-0.2, 0) is 23.2 Å². The number of amides is 2. The summed E-state index contributed by atoms with van der Waals surface area (Å²) in [5.74, 6) is -0.119. The molecule has 1 aliphatic heterocycles. The second-order valence-electron chi connectivity index (χ2n) is 5.47. The van der Waals surface area contributed by atoms with E-state index < -0.39 is 5.54 Å². The maximum Gasteiger partial charge on any atom is 0.249 e. The summed E-state index contributed by atoms with van der Waals surface area (Å²) >= 11 is 3.50. The van der Waals surface area contributed by atoms with E-state index >= 15 is 0 Å². The lowest BCUT2D eigenvalue weighted by atomic mass is 9.89. The summed E-state index contributed by atoms with van der Waals surface area (Å²) < 4.78 is 2.64. The van der Waals surface area contributed by atoms with Gasteiger partial charge in [0.15, 0.2) is 0 Å². The van der Waals surface area contributed by atoms with Crippen LogP contribution in [0, 0.1) is 6.92 Å². The molecule has 0 aliphatic carbocycles. The maximum atomic E-state index is 12.8. The van der Waals surface area contributed by atoms with Crippen molar-refractivity contribution in [2.45, 2.75) is 45.7 Å². The van der Waals surface area contributed by atoms with Crippen molar-refractivity contribution in [1.29, 1.82) is 0 Å². The van der Waals surface area contributed by atoms with Crippen molar-refractivity contribution in [3.05, 3.63) is 15.9 Å². The predicted octanol–water partition coefficient (Wildman–Crippen LogP) is 1.51. The smallest absolute Gasteiger partial charge is 0.249 e. The fourth-order valence-electron chi connectivity index (χ4n) is 2.80. The summed E-state index contributed by atoms with van der Waals surface area (Å²) in [6.45, 7) is 6.23. The average molecular weight is 357 g/mol. The summed E-state index contributed by atoms with van der Waals surface area (Å²) in [5.41, 5.74) is 1.01. The van der Waals surface area contributed by atoms with Gasteiger partial charge in [-0.1, -0.05) is 13.8 Å². The molecule has 6 nitrogen and oxygen atoms in total. The van der Waals surface area contributed by atoms with Crippen molar-refractivity contribution in [2.24, 2.45) is 7.05 Å². The van der Waals surface area contributed by atoms with Gasteiger partial charge < -0.3 is 10.2 Å². The number of halogens is 1. The first-order valence-corrected chi connectivity index (χ1v) is 7.92. The molecule has 2 heterocycles. The summed E-state index contributed by atoms with van der Waals surface area (Å²) in [7, 11) is 1.84. The van der Waals surface area contributed by atoms with Crippen LogP contribution < -0.4 is 5.32 Å². The van der Waals surface area contributed by atoms with Gasteiger partial charge in [-0.2, -0.15) is 5.10 Å². The lowest BCUT2D eigenvalue weighted by Crippen LogP contribution is -2.65. The van der Waals surface area contributed by atoms with Crippen LogP contribution in [-0.4, -0.2) is 38.6 Å². The molecule has 1 aromatic heterocycles. The zero-order chi connectivity index (χ0) is 15.8. The van der Waals surface area contributed by atoms with Crippen LogP contribution in [0.5, 0.6) is 0 Å². The van der Waals surface area contributed by atoms with Crippen LogP contribution in [0.15, 0.2) is 4.47 Å². The quantitative estimate of drug-likeness (QED) is 0.888. The zero-order valence-electron chi connectivity index (χ0n) is 12.9. The molecule has 21 heavy (non-hydrogen) atoms. The van der Waals surface area contributed by atoms with Crippen molar-refractivity contribution < 1.29 is 9.59 Å². The molecule has 116 valence electrons. The molecule has 0 saturated carbocycles. The second kappa shape index (κ2) is 5.79. The van der Waals surface area contributed by atoms with E-state index in [0.29, 0.717) is 19.4 Å². The highest BCUT2D eigenvalue weighted by Crippen LogP contribution is 2.26. The number of hydrogen-bond donors (Lipinski definition) is 1. The van der Waals surface area contributed by atoms with Crippen molar-refractivity contribution in [2.75, 3.05) is 6.54 Å². The molecule has 7 heteroatoms. The van der Waals surface area contributed by atoms with Gasteiger partial charge in [0.25, 0.3) is 0 Å². The van der Waals surface area contributed by atoms with E-state index in [0.717, 1.165) is 15.9 Å². The molecular formula is C14H21BrN4O2. The predicted molar refractivity (Wildman–Crippen MR) is 82.5 cm³/mol. The summed E-state index contributed by atoms with van der Waals surface area (Å²) in [5, 5.41) is 7.19. The molecule has 0 unspecified atom stereocenters. The van der Waals surface area contributed by atoms with E-state index in [9.17, 15) is 9.59 Å². The first-order valence-electron chi connectivity index (χ1n) is 7.13. The van der Waals surface area contributed by atoms with E-state index in [-0.39, 0.29) is 18.4 Å². The Morgan fingerprint density at radius 3 is 2.43 bits per heavy atom. The van der Waals surface area contributed by atoms with Gasteiger partial charge in [0, 0.05) is 7.05 Å². The number of nitrogens with zero attached hydrogens (tertiary/aromatic N) is 3. The number of nitrogens with one attached hydrogen (secondary N) is 1. The minimum Gasteiger partial charge on any atom is -0.340 e. The summed E-state index contributed by atoms with van der Waals surface area (Å²) in [4.78, 5) is 26.4. The van der Waals surface area contributed by atoms with E-state index in [1.165, 1.54) is 0 Å². The van der Waals surface area contributed by atoms with Crippen LogP contribution in [0.25, 0.3) is 0 Å². The monoisotopic (exact) mass is 356 g/mol. The van der Waals surface area contributed by atoms with Crippen molar-refractivity contribution in [3.8, 4) is 0 Å². The topological polar surface area (TPSA) is 67.2 Å². The number of aryl methyl sites for hydroxylation is 2. The van der Waals surface area contributed by atoms with E-state index in [1.807, 2.05) is 27.8 Å². The Labute approximate surface area is 133 Å². The van der Waals surface area contributed by atoms with Gasteiger partial charge in [0.1, 0.15) is 12.1 Å². The number of hydrogen-bond acceptors (Lipinski definition) is 3. The lowest BCUT2D eigenvalue weighted by molar-refractivity contribution is -0.151. The Bertz CT molecular complexity index is 578. The third-order valence-corrected chi connectivity index (χ3v) is 5.25. The normalized spacial score (nSPS) is 18.0. The molecule has 1 aromatic rings. The molecule has 1 fully saturated rings. The molecule has 1 saturated heterocycles. The van der Waals surface area contributed by atoms with Gasteiger partial charge in [0.2, 0.25) is 11.8 Å². The first-order chi connectivity index (χ1) is 9.84. The Kier molecular flexibility index (Phi) is 4.41. The van der Waals surface area contributed by atoms with E-state index in [2.05, 4.69) is 26.3 Å².